The number of sulfonamides is 1. The van der Waals surface area contributed by atoms with Crippen LogP contribution in [-0.4, -0.2) is 52.4 Å². The lowest BCUT2D eigenvalue weighted by atomic mass is 9.99. The minimum Gasteiger partial charge on any atom is -0.476 e. The van der Waals surface area contributed by atoms with Gasteiger partial charge in [0, 0.05) is 32.4 Å². The first-order valence-electron chi connectivity index (χ1n) is 8.99. The molecule has 0 bridgehead atoms. The van der Waals surface area contributed by atoms with Crippen LogP contribution in [0.4, 0.5) is 0 Å². The fourth-order valence-corrected chi connectivity index (χ4v) is 5.04. The van der Waals surface area contributed by atoms with Gasteiger partial charge in [-0.15, -0.1) is 5.10 Å². The van der Waals surface area contributed by atoms with Crippen molar-refractivity contribution in [3.05, 3.63) is 29.7 Å². The molecule has 1 fully saturated rings. The summed E-state index contributed by atoms with van der Waals surface area (Å²) in [7, 11) is -1.74. The number of ether oxygens (including phenoxy) is 1. The van der Waals surface area contributed by atoms with E-state index in [4.69, 9.17) is 4.74 Å². The highest BCUT2D eigenvalue weighted by molar-refractivity contribution is 7.89. The van der Waals surface area contributed by atoms with Gasteiger partial charge >= 0.3 is 0 Å². The molecule has 0 spiro atoms. The van der Waals surface area contributed by atoms with Crippen LogP contribution in [0.3, 0.4) is 0 Å². The molecule has 2 aliphatic rings. The number of nitrogens with zero attached hydrogens (tertiary/aromatic N) is 5. The van der Waals surface area contributed by atoms with Crippen molar-refractivity contribution < 1.29 is 13.2 Å². The van der Waals surface area contributed by atoms with E-state index in [-0.39, 0.29) is 4.90 Å². The van der Waals surface area contributed by atoms with E-state index in [1.165, 1.54) is 26.9 Å². The summed E-state index contributed by atoms with van der Waals surface area (Å²) in [5.41, 5.74) is 2.33. The fourth-order valence-electron chi connectivity index (χ4n) is 3.58. The second kappa shape index (κ2) is 6.96. The SMILES string of the molecule is Cn1cc(S(=O)(=O)N2CCC(COc3cc4c(nn3)CCC4)CC2)cn1. The van der Waals surface area contributed by atoms with Crippen LogP contribution >= 0.6 is 0 Å². The van der Waals surface area contributed by atoms with Gasteiger partial charge in [0.1, 0.15) is 4.90 Å². The van der Waals surface area contributed by atoms with E-state index >= 15 is 0 Å². The van der Waals surface area contributed by atoms with Gasteiger partial charge in [-0.2, -0.15) is 14.5 Å². The fraction of sp³-hybridized carbons (Fsp3) is 0.588. The molecule has 0 amide bonds. The Bertz CT molecular complexity index is 888. The molecule has 8 nitrogen and oxygen atoms in total. The van der Waals surface area contributed by atoms with Crippen LogP contribution in [-0.2, 0) is 29.9 Å². The Labute approximate surface area is 153 Å². The van der Waals surface area contributed by atoms with Crippen molar-refractivity contribution in [1.82, 2.24) is 24.3 Å². The zero-order valence-corrected chi connectivity index (χ0v) is 15.7. The van der Waals surface area contributed by atoms with Gasteiger partial charge in [-0.3, -0.25) is 4.68 Å². The first-order chi connectivity index (χ1) is 12.5. The summed E-state index contributed by atoms with van der Waals surface area (Å²) in [6.45, 7) is 1.55. The van der Waals surface area contributed by atoms with E-state index in [2.05, 4.69) is 15.3 Å². The lowest BCUT2D eigenvalue weighted by molar-refractivity contribution is 0.179. The highest BCUT2D eigenvalue weighted by atomic mass is 32.2. The Kier molecular flexibility index (Phi) is 4.66. The van der Waals surface area contributed by atoms with Crippen LogP contribution in [0, 0.1) is 5.92 Å². The van der Waals surface area contributed by atoms with E-state index in [9.17, 15) is 8.42 Å². The Morgan fingerprint density at radius 2 is 2.04 bits per heavy atom. The largest absolute Gasteiger partial charge is 0.476 e. The Hall–Kier alpha value is -2.00. The number of aryl methyl sites for hydroxylation is 3. The van der Waals surface area contributed by atoms with Crippen LogP contribution < -0.4 is 4.74 Å². The van der Waals surface area contributed by atoms with E-state index < -0.39 is 10.0 Å². The predicted molar refractivity (Wildman–Crippen MR) is 94.2 cm³/mol. The molecule has 1 aliphatic heterocycles. The molecule has 2 aromatic rings. The quantitative estimate of drug-likeness (QED) is 0.777. The van der Waals surface area contributed by atoms with Gasteiger partial charge < -0.3 is 4.74 Å². The lowest BCUT2D eigenvalue weighted by Crippen LogP contribution is -2.39. The Morgan fingerprint density at radius 3 is 2.77 bits per heavy atom. The molecular formula is C17H23N5O3S. The zero-order chi connectivity index (χ0) is 18.1. The third kappa shape index (κ3) is 3.45. The smallest absolute Gasteiger partial charge is 0.246 e. The summed E-state index contributed by atoms with van der Waals surface area (Å²) < 4.78 is 34.1. The molecule has 1 saturated heterocycles. The minimum absolute atomic E-state index is 0.253. The maximum atomic E-state index is 12.6. The molecule has 2 aromatic heterocycles. The van der Waals surface area contributed by atoms with Gasteiger partial charge in [0.25, 0.3) is 0 Å². The topological polar surface area (TPSA) is 90.2 Å². The third-order valence-corrected chi connectivity index (χ3v) is 7.01. The van der Waals surface area contributed by atoms with Crippen molar-refractivity contribution in [2.24, 2.45) is 13.0 Å². The van der Waals surface area contributed by atoms with Crippen molar-refractivity contribution in [2.75, 3.05) is 19.7 Å². The van der Waals surface area contributed by atoms with Crippen LogP contribution in [0.15, 0.2) is 23.4 Å². The average molecular weight is 377 g/mol. The standard InChI is InChI=1S/C17H23N5O3S/c1-21-11-15(10-18-21)26(23,24)22-7-5-13(6-8-22)12-25-17-9-14-3-2-4-16(14)19-20-17/h9-11,13H,2-8,12H2,1H3. The minimum atomic E-state index is -3.45. The monoisotopic (exact) mass is 377 g/mol. The maximum absolute atomic E-state index is 12.6. The molecule has 26 heavy (non-hydrogen) atoms. The Balaban J connectivity index is 1.31. The molecule has 1 aliphatic carbocycles. The summed E-state index contributed by atoms with van der Waals surface area (Å²) in [6.07, 6.45) is 7.68. The Morgan fingerprint density at radius 1 is 1.23 bits per heavy atom. The number of hydrogen-bond acceptors (Lipinski definition) is 6. The van der Waals surface area contributed by atoms with Crippen molar-refractivity contribution in [2.45, 2.75) is 37.0 Å². The second-order valence-electron chi connectivity index (χ2n) is 7.02. The molecular weight excluding hydrogens is 354 g/mol. The molecule has 140 valence electrons. The molecule has 0 saturated carbocycles. The lowest BCUT2D eigenvalue weighted by Gasteiger charge is -2.30. The predicted octanol–water partition coefficient (Wildman–Crippen LogP) is 1.18. The molecule has 3 heterocycles. The van der Waals surface area contributed by atoms with E-state index in [1.54, 1.807) is 7.05 Å². The number of aromatic nitrogens is 4. The van der Waals surface area contributed by atoms with Gasteiger partial charge in [-0.25, -0.2) is 8.42 Å². The van der Waals surface area contributed by atoms with Crippen molar-refractivity contribution in [3.8, 4) is 5.88 Å². The van der Waals surface area contributed by atoms with Gasteiger partial charge in [0.2, 0.25) is 15.9 Å². The molecule has 0 atom stereocenters. The van der Waals surface area contributed by atoms with Crippen LogP contribution in [0.2, 0.25) is 0 Å². The van der Waals surface area contributed by atoms with Crippen LogP contribution in [0.25, 0.3) is 0 Å². The highest BCUT2D eigenvalue weighted by Gasteiger charge is 2.30. The maximum Gasteiger partial charge on any atom is 0.246 e. The first kappa shape index (κ1) is 17.4. The van der Waals surface area contributed by atoms with Crippen LogP contribution in [0.1, 0.15) is 30.5 Å². The van der Waals surface area contributed by atoms with Crippen molar-refractivity contribution >= 4 is 10.0 Å². The molecule has 9 heteroatoms. The number of rotatable bonds is 5. The number of hydrogen-bond donors (Lipinski definition) is 0. The van der Waals surface area contributed by atoms with Gasteiger partial charge in [-0.1, -0.05) is 0 Å². The second-order valence-corrected chi connectivity index (χ2v) is 8.95. The summed E-state index contributed by atoms with van der Waals surface area (Å²) in [4.78, 5) is 0.253. The molecule has 0 radical (unpaired) electrons. The van der Waals surface area contributed by atoms with Gasteiger partial charge in [0.05, 0.1) is 18.5 Å². The normalized spacial score (nSPS) is 18.8. The van der Waals surface area contributed by atoms with E-state index in [1.807, 2.05) is 6.07 Å². The van der Waals surface area contributed by atoms with E-state index in [0.29, 0.717) is 31.5 Å². The average Bonchev–Trinajstić information content (AvgIpc) is 3.29. The third-order valence-electron chi connectivity index (χ3n) is 5.16. The molecule has 0 unspecified atom stereocenters. The van der Waals surface area contributed by atoms with Crippen LogP contribution in [0.5, 0.6) is 5.88 Å². The number of fused-ring (bicyclic) bond motifs is 1. The zero-order valence-electron chi connectivity index (χ0n) is 14.8. The van der Waals surface area contributed by atoms with Crippen molar-refractivity contribution in [1.29, 1.82) is 0 Å². The first-order valence-corrected chi connectivity index (χ1v) is 10.4. The molecule has 0 N–H and O–H groups in total. The highest BCUT2D eigenvalue weighted by Crippen LogP contribution is 2.25. The summed E-state index contributed by atoms with van der Waals surface area (Å²) in [5.74, 6) is 0.904. The number of piperidine rings is 1. The van der Waals surface area contributed by atoms with E-state index in [0.717, 1.165) is 37.8 Å². The molecule has 4 rings (SSSR count). The summed E-state index contributed by atoms with van der Waals surface area (Å²) in [5, 5.41) is 12.3. The van der Waals surface area contributed by atoms with Gasteiger partial charge in [-0.05, 0) is 43.6 Å². The summed E-state index contributed by atoms with van der Waals surface area (Å²) >= 11 is 0. The van der Waals surface area contributed by atoms with Crippen molar-refractivity contribution in [3.63, 3.8) is 0 Å². The molecule has 0 aromatic carbocycles. The van der Waals surface area contributed by atoms with Gasteiger partial charge in [0.15, 0.2) is 0 Å². The summed E-state index contributed by atoms with van der Waals surface area (Å²) in [6, 6.07) is 2.00.